The van der Waals surface area contributed by atoms with Gasteiger partial charge >= 0.3 is 0 Å². The Labute approximate surface area is 127 Å². The zero-order chi connectivity index (χ0) is 15.2. The Morgan fingerprint density at radius 3 is 2.71 bits per heavy atom. The van der Waals surface area contributed by atoms with Crippen LogP contribution in [0.1, 0.15) is 32.3 Å². The van der Waals surface area contributed by atoms with Gasteiger partial charge in [0.05, 0.1) is 0 Å². The minimum atomic E-state index is -0.123. The number of benzene rings is 1. The summed E-state index contributed by atoms with van der Waals surface area (Å²) in [6.45, 7) is 7.38. The Balaban J connectivity index is 2.11. The van der Waals surface area contributed by atoms with Crippen LogP contribution in [0.2, 0.25) is 0 Å². The van der Waals surface area contributed by atoms with Gasteiger partial charge in [-0.3, -0.25) is 0 Å². The van der Waals surface area contributed by atoms with Gasteiger partial charge in [0.1, 0.15) is 5.82 Å². The minimum Gasteiger partial charge on any atom is -0.381 e. The van der Waals surface area contributed by atoms with E-state index in [1.807, 2.05) is 6.07 Å². The first-order valence-corrected chi connectivity index (χ1v) is 7.88. The lowest BCUT2D eigenvalue weighted by atomic mass is 10.0. The summed E-state index contributed by atoms with van der Waals surface area (Å²) in [6, 6.07) is 5.80. The van der Waals surface area contributed by atoms with Crippen LogP contribution in [0.25, 0.3) is 0 Å². The number of anilines is 1. The third-order valence-corrected chi connectivity index (χ3v) is 4.07. The van der Waals surface area contributed by atoms with Crippen molar-refractivity contribution in [3.05, 3.63) is 29.6 Å². The standard InChI is InChI=1S/C17H27FN2O/c1-13(2)11-19-12-15-16(18)5-4-6-17(15)20(3)14-7-9-21-10-8-14/h4-6,13-14,19H,7-12H2,1-3H3. The monoisotopic (exact) mass is 294 g/mol. The van der Waals surface area contributed by atoms with E-state index in [4.69, 9.17) is 4.74 Å². The molecule has 0 radical (unpaired) electrons. The van der Waals surface area contributed by atoms with Crippen molar-refractivity contribution >= 4 is 5.69 Å². The molecule has 0 aromatic heterocycles. The largest absolute Gasteiger partial charge is 0.381 e. The van der Waals surface area contributed by atoms with Gasteiger partial charge in [0.15, 0.2) is 0 Å². The molecule has 118 valence electrons. The van der Waals surface area contributed by atoms with E-state index in [0.29, 0.717) is 18.5 Å². The molecule has 0 atom stereocenters. The van der Waals surface area contributed by atoms with E-state index in [1.54, 1.807) is 12.1 Å². The summed E-state index contributed by atoms with van der Waals surface area (Å²) in [5, 5.41) is 3.35. The highest BCUT2D eigenvalue weighted by Crippen LogP contribution is 2.27. The van der Waals surface area contributed by atoms with Crippen molar-refractivity contribution < 1.29 is 9.13 Å². The smallest absolute Gasteiger partial charge is 0.129 e. The number of halogens is 1. The lowest BCUT2D eigenvalue weighted by Crippen LogP contribution is -2.37. The summed E-state index contributed by atoms with van der Waals surface area (Å²) in [5.74, 6) is 0.441. The van der Waals surface area contributed by atoms with Gasteiger partial charge in [-0.05, 0) is 37.4 Å². The van der Waals surface area contributed by atoms with Crippen molar-refractivity contribution in [2.45, 2.75) is 39.3 Å². The van der Waals surface area contributed by atoms with Crippen LogP contribution in [0.15, 0.2) is 18.2 Å². The molecule has 2 rings (SSSR count). The second-order valence-corrected chi connectivity index (χ2v) is 6.22. The molecule has 0 aliphatic carbocycles. The molecule has 0 amide bonds. The van der Waals surface area contributed by atoms with E-state index < -0.39 is 0 Å². The molecule has 1 aromatic carbocycles. The second kappa shape index (κ2) is 7.76. The van der Waals surface area contributed by atoms with E-state index in [0.717, 1.165) is 43.9 Å². The molecular formula is C17H27FN2O. The topological polar surface area (TPSA) is 24.5 Å². The zero-order valence-corrected chi connectivity index (χ0v) is 13.4. The first-order valence-electron chi connectivity index (χ1n) is 7.88. The van der Waals surface area contributed by atoms with E-state index in [9.17, 15) is 4.39 Å². The molecular weight excluding hydrogens is 267 g/mol. The van der Waals surface area contributed by atoms with Crippen LogP contribution in [-0.4, -0.2) is 32.8 Å². The van der Waals surface area contributed by atoms with Gasteiger partial charge in [0.2, 0.25) is 0 Å². The van der Waals surface area contributed by atoms with Crippen molar-refractivity contribution in [2.24, 2.45) is 5.92 Å². The van der Waals surface area contributed by atoms with E-state index >= 15 is 0 Å². The minimum absolute atomic E-state index is 0.123. The Morgan fingerprint density at radius 2 is 2.05 bits per heavy atom. The van der Waals surface area contributed by atoms with Crippen LogP contribution in [0.3, 0.4) is 0 Å². The van der Waals surface area contributed by atoms with Crippen LogP contribution in [0, 0.1) is 11.7 Å². The molecule has 0 saturated carbocycles. The quantitative estimate of drug-likeness (QED) is 0.872. The maximum atomic E-state index is 14.2. The first kappa shape index (κ1) is 16.2. The van der Waals surface area contributed by atoms with Gasteiger partial charge in [-0.1, -0.05) is 19.9 Å². The third-order valence-electron chi connectivity index (χ3n) is 4.07. The van der Waals surface area contributed by atoms with Gasteiger partial charge in [0.25, 0.3) is 0 Å². The zero-order valence-electron chi connectivity index (χ0n) is 13.4. The SMILES string of the molecule is CC(C)CNCc1c(F)cccc1N(C)C1CCOCC1. The van der Waals surface area contributed by atoms with E-state index in [1.165, 1.54) is 0 Å². The molecule has 3 nitrogen and oxygen atoms in total. The first-order chi connectivity index (χ1) is 10.1. The summed E-state index contributed by atoms with van der Waals surface area (Å²) in [4.78, 5) is 2.22. The van der Waals surface area contributed by atoms with Crippen molar-refractivity contribution in [3.63, 3.8) is 0 Å². The van der Waals surface area contributed by atoms with Gasteiger partial charge in [-0.15, -0.1) is 0 Å². The maximum absolute atomic E-state index is 14.2. The summed E-state index contributed by atoms with van der Waals surface area (Å²) in [6.07, 6.45) is 2.01. The van der Waals surface area contributed by atoms with Crippen LogP contribution in [0.4, 0.5) is 10.1 Å². The lowest BCUT2D eigenvalue weighted by molar-refractivity contribution is 0.0854. The lowest BCUT2D eigenvalue weighted by Gasteiger charge is -2.34. The van der Waals surface area contributed by atoms with Gasteiger partial charge < -0.3 is 15.0 Å². The summed E-state index contributed by atoms with van der Waals surface area (Å²) in [7, 11) is 2.07. The fourth-order valence-corrected chi connectivity index (χ4v) is 2.81. The Hall–Kier alpha value is -1.13. The molecule has 1 aliphatic heterocycles. The number of hydrogen-bond donors (Lipinski definition) is 1. The van der Waals surface area contributed by atoms with Crippen molar-refractivity contribution in [1.29, 1.82) is 0 Å². The highest BCUT2D eigenvalue weighted by molar-refractivity contribution is 5.54. The molecule has 1 saturated heterocycles. The molecule has 1 aromatic rings. The van der Waals surface area contributed by atoms with E-state index in [-0.39, 0.29) is 5.82 Å². The predicted molar refractivity (Wildman–Crippen MR) is 85.2 cm³/mol. The molecule has 4 heteroatoms. The number of nitrogens with zero attached hydrogens (tertiary/aromatic N) is 1. The van der Waals surface area contributed by atoms with Gasteiger partial charge in [-0.2, -0.15) is 0 Å². The second-order valence-electron chi connectivity index (χ2n) is 6.22. The van der Waals surface area contributed by atoms with Crippen molar-refractivity contribution in [1.82, 2.24) is 5.32 Å². The molecule has 21 heavy (non-hydrogen) atoms. The van der Waals surface area contributed by atoms with Crippen LogP contribution >= 0.6 is 0 Å². The molecule has 1 aliphatic rings. The Bertz CT molecular complexity index is 444. The summed E-state index contributed by atoms with van der Waals surface area (Å²) in [5.41, 5.74) is 1.77. The third kappa shape index (κ3) is 4.42. The molecule has 1 heterocycles. The molecule has 0 unspecified atom stereocenters. The van der Waals surface area contributed by atoms with Crippen molar-refractivity contribution in [2.75, 3.05) is 31.7 Å². The number of rotatable bonds is 6. The van der Waals surface area contributed by atoms with Gasteiger partial charge in [0, 0.05) is 44.1 Å². The highest BCUT2D eigenvalue weighted by atomic mass is 19.1. The molecule has 0 bridgehead atoms. The fourth-order valence-electron chi connectivity index (χ4n) is 2.81. The fraction of sp³-hybridized carbons (Fsp3) is 0.647. The van der Waals surface area contributed by atoms with E-state index in [2.05, 4.69) is 31.1 Å². The summed E-state index contributed by atoms with van der Waals surface area (Å²) >= 11 is 0. The summed E-state index contributed by atoms with van der Waals surface area (Å²) < 4.78 is 19.6. The van der Waals surface area contributed by atoms with Crippen LogP contribution in [-0.2, 0) is 11.3 Å². The molecule has 1 fully saturated rings. The Morgan fingerprint density at radius 1 is 1.33 bits per heavy atom. The highest BCUT2D eigenvalue weighted by Gasteiger charge is 2.21. The average molecular weight is 294 g/mol. The maximum Gasteiger partial charge on any atom is 0.129 e. The normalized spacial score (nSPS) is 16.4. The predicted octanol–water partition coefficient (Wildman–Crippen LogP) is 3.19. The van der Waals surface area contributed by atoms with Crippen molar-refractivity contribution in [3.8, 4) is 0 Å². The van der Waals surface area contributed by atoms with Crippen LogP contribution < -0.4 is 10.2 Å². The number of hydrogen-bond acceptors (Lipinski definition) is 3. The Kier molecular flexibility index (Phi) is 6.00. The number of nitrogens with one attached hydrogen (secondary N) is 1. The molecule has 1 N–H and O–H groups in total. The van der Waals surface area contributed by atoms with Gasteiger partial charge in [-0.25, -0.2) is 4.39 Å². The number of ether oxygens (including phenoxy) is 1. The van der Waals surface area contributed by atoms with Crippen LogP contribution in [0.5, 0.6) is 0 Å². The molecule has 0 spiro atoms. The average Bonchev–Trinajstić information content (AvgIpc) is 2.48.